The van der Waals surface area contributed by atoms with E-state index < -0.39 is 0 Å². The molecular formula is C7H10ClN3O. The van der Waals surface area contributed by atoms with Gasteiger partial charge in [0.25, 0.3) is 0 Å². The minimum absolute atomic E-state index is 0.522. The molecule has 1 aromatic heterocycles. The molecule has 1 heterocycles. The van der Waals surface area contributed by atoms with Gasteiger partial charge in [-0.2, -0.15) is 0 Å². The number of ether oxygens (including phenoxy) is 1. The lowest BCUT2D eigenvalue weighted by Crippen LogP contribution is -2.09. The van der Waals surface area contributed by atoms with Crippen LogP contribution in [-0.4, -0.2) is 30.2 Å². The van der Waals surface area contributed by atoms with Crippen LogP contribution in [0, 0.1) is 0 Å². The quantitative estimate of drug-likeness (QED) is 0.720. The largest absolute Gasteiger partial charge is 0.383 e. The molecule has 66 valence electrons. The summed E-state index contributed by atoms with van der Waals surface area (Å²) in [5.74, 6) is 0.642. The Hall–Kier alpha value is -0.870. The number of nitrogens with one attached hydrogen (secondary N) is 1. The maximum absolute atomic E-state index is 5.77. The van der Waals surface area contributed by atoms with Crippen molar-refractivity contribution >= 4 is 17.4 Å². The van der Waals surface area contributed by atoms with Gasteiger partial charge in [-0.05, 0) is 0 Å². The lowest BCUT2D eigenvalue weighted by Gasteiger charge is -2.04. The van der Waals surface area contributed by atoms with Gasteiger partial charge in [0, 0.05) is 13.7 Å². The molecule has 1 rings (SSSR count). The summed E-state index contributed by atoms with van der Waals surface area (Å²) in [6.45, 7) is 1.31. The Balaban J connectivity index is 2.46. The molecule has 0 atom stereocenters. The van der Waals surface area contributed by atoms with Crippen molar-refractivity contribution in [3.8, 4) is 0 Å². The second-order valence-corrected chi connectivity index (χ2v) is 2.55. The van der Waals surface area contributed by atoms with Crippen LogP contribution in [-0.2, 0) is 4.74 Å². The molecule has 12 heavy (non-hydrogen) atoms. The van der Waals surface area contributed by atoms with Gasteiger partial charge >= 0.3 is 0 Å². The molecule has 0 radical (unpaired) electrons. The van der Waals surface area contributed by atoms with Crippen LogP contribution in [0.4, 0.5) is 5.82 Å². The van der Waals surface area contributed by atoms with Gasteiger partial charge in [-0.3, -0.25) is 0 Å². The van der Waals surface area contributed by atoms with Crippen LogP contribution in [0.25, 0.3) is 0 Å². The number of hydrogen-bond donors (Lipinski definition) is 1. The Morgan fingerprint density at radius 1 is 1.67 bits per heavy atom. The topological polar surface area (TPSA) is 47.0 Å². The lowest BCUT2D eigenvalue weighted by molar-refractivity contribution is 0.210. The third kappa shape index (κ3) is 2.64. The van der Waals surface area contributed by atoms with Gasteiger partial charge in [-0.15, -0.1) is 0 Å². The van der Waals surface area contributed by atoms with Crippen molar-refractivity contribution in [3.63, 3.8) is 0 Å². The van der Waals surface area contributed by atoms with E-state index in [-0.39, 0.29) is 0 Å². The first-order chi connectivity index (χ1) is 5.84. The van der Waals surface area contributed by atoms with Crippen LogP contribution < -0.4 is 5.32 Å². The maximum atomic E-state index is 5.77. The van der Waals surface area contributed by atoms with Crippen LogP contribution in [0.2, 0.25) is 5.02 Å². The summed E-state index contributed by atoms with van der Waals surface area (Å²) in [7, 11) is 1.64. The predicted molar refractivity (Wildman–Crippen MR) is 47.4 cm³/mol. The Morgan fingerprint density at radius 3 is 3.17 bits per heavy atom. The van der Waals surface area contributed by atoms with E-state index in [1.54, 1.807) is 13.3 Å². The fourth-order valence-corrected chi connectivity index (χ4v) is 0.886. The Labute approximate surface area is 75.9 Å². The SMILES string of the molecule is COCCNc1ncncc1Cl. The third-order valence-corrected chi connectivity index (χ3v) is 1.54. The van der Waals surface area contributed by atoms with Crippen molar-refractivity contribution in [1.82, 2.24) is 9.97 Å². The molecule has 0 aromatic carbocycles. The van der Waals surface area contributed by atoms with Crippen LogP contribution in [0.1, 0.15) is 0 Å². The molecule has 1 N–H and O–H groups in total. The lowest BCUT2D eigenvalue weighted by atomic mass is 10.5. The van der Waals surface area contributed by atoms with Gasteiger partial charge in [-0.1, -0.05) is 11.6 Å². The van der Waals surface area contributed by atoms with Crippen molar-refractivity contribution in [2.24, 2.45) is 0 Å². The maximum Gasteiger partial charge on any atom is 0.148 e. The molecule has 5 heteroatoms. The number of rotatable bonds is 4. The number of aromatic nitrogens is 2. The van der Waals surface area contributed by atoms with E-state index in [4.69, 9.17) is 16.3 Å². The fourth-order valence-electron chi connectivity index (χ4n) is 0.714. The predicted octanol–water partition coefficient (Wildman–Crippen LogP) is 1.19. The van der Waals surface area contributed by atoms with E-state index in [0.29, 0.717) is 24.0 Å². The normalized spacial score (nSPS) is 9.83. The van der Waals surface area contributed by atoms with Gasteiger partial charge < -0.3 is 10.1 Å². The molecule has 0 aliphatic carbocycles. The average molecular weight is 188 g/mol. The summed E-state index contributed by atoms with van der Waals surface area (Å²) in [5, 5.41) is 3.53. The van der Waals surface area contributed by atoms with E-state index in [1.807, 2.05) is 0 Å². The highest BCUT2D eigenvalue weighted by molar-refractivity contribution is 6.32. The molecule has 0 unspecified atom stereocenters. The first-order valence-electron chi connectivity index (χ1n) is 3.53. The van der Waals surface area contributed by atoms with Crippen LogP contribution in [0.15, 0.2) is 12.5 Å². The van der Waals surface area contributed by atoms with E-state index in [1.165, 1.54) is 6.33 Å². The van der Waals surface area contributed by atoms with Crippen molar-refractivity contribution < 1.29 is 4.74 Å². The zero-order chi connectivity index (χ0) is 8.81. The summed E-state index contributed by atoms with van der Waals surface area (Å²) >= 11 is 5.77. The van der Waals surface area contributed by atoms with Crippen LogP contribution in [0.5, 0.6) is 0 Å². The first-order valence-corrected chi connectivity index (χ1v) is 3.90. The average Bonchev–Trinajstić information content (AvgIpc) is 2.09. The van der Waals surface area contributed by atoms with E-state index in [2.05, 4.69) is 15.3 Å². The zero-order valence-electron chi connectivity index (χ0n) is 6.75. The Kier molecular flexibility index (Phi) is 3.76. The fraction of sp³-hybridized carbons (Fsp3) is 0.429. The number of hydrogen-bond acceptors (Lipinski definition) is 4. The molecule has 0 spiro atoms. The molecule has 0 aliphatic rings. The molecule has 0 saturated heterocycles. The molecule has 4 nitrogen and oxygen atoms in total. The van der Waals surface area contributed by atoms with E-state index in [0.717, 1.165) is 0 Å². The molecule has 0 saturated carbocycles. The van der Waals surface area contributed by atoms with Crippen molar-refractivity contribution in [2.75, 3.05) is 25.6 Å². The van der Waals surface area contributed by atoms with E-state index >= 15 is 0 Å². The molecule has 1 aromatic rings. The summed E-state index contributed by atoms with van der Waals surface area (Å²) in [5.41, 5.74) is 0. The second-order valence-electron chi connectivity index (χ2n) is 2.14. The van der Waals surface area contributed by atoms with E-state index in [9.17, 15) is 0 Å². The smallest absolute Gasteiger partial charge is 0.148 e. The molecular weight excluding hydrogens is 178 g/mol. The summed E-state index contributed by atoms with van der Waals surface area (Å²) < 4.78 is 4.85. The monoisotopic (exact) mass is 187 g/mol. The standard InChI is InChI=1S/C7H10ClN3O/c1-12-3-2-10-7-6(8)4-9-5-11-7/h4-5H,2-3H2,1H3,(H,9,10,11). The number of halogens is 1. The van der Waals surface area contributed by atoms with Gasteiger partial charge in [0.2, 0.25) is 0 Å². The van der Waals surface area contributed by atoms with Crippen LogP contribution >= 0.6 is 11.6 Å². The third-order valence-electron chi connectivity index (χ3n) is 1.27. The highest BCUT2D eigenvalue weighted by Crippen LogP contribution is 2.15. The number of methoxy groups -OCH3 is 1. The Morgan fingerprint density at radius 2 is 2.50 bits per heavy atom. The van der Waals surface area contributed by atoms with Gasteiger partial charge in [0.1, 0.15) is 17.2 Å². The van der Waals surface area contributed by atoms with Crippen molar-refractivity contribution in [3.05, 3.63) is 17.5 Å². The van der Waals surface area contributed by atoms with Crippen molar-refractivity contribution in [1.29, 1.82) is 0 Å². The van der Waals surface area contributed by atoms with Gasteiger partial charge in [-0.25, -0.2) is 9.97 Å². The van der Waals surface area contributed by atoms with Crippen LogP contribution in [0.3, 0.4) is 0 Å². The zero-order valence-corrected chi connectivity index (χ0v) is 7.51. The second kappa shape index (κ2) is 4.90. The van der Waals surface area contributed by atoms with Gasteiger partial charge in [0.15, 0.2) is 0 Å². The van der Waals surface area contributed by atoms with Gasteiger partial charge in [0.05, 0.1) is 12.8 Å². The molecule has 0 bridgehead atoms. The molecule has 0 aliphatic heterocycles. The Bertz CT molecular complexity index is 244. The highest BCUT2D eigenvalue weighted by Gasteiger charge is 1.98. The highest BCUT2D eigenvalue weighted by atomic mass is 35.5. The minimum atomic E-state index is 0.522. The summed E-state index contributed by atoms with van der Waals surface area (Å²) in [6, 6.07) is 0. The first kappa shape index (κ1) is 9.22. The summed E-state index contributed by atoms with van der Waals surface area (Å²) in [6.07, 6.45) is 2.99. The van der Waals surface area contributed by atoms with Crippen molar-refractivity contribution in [2.45, 2.75) is 0 Å². The number of nitrogens with zero attached hydrogens (tertiary/aromatic N) is 2. The number of anilines is 1. The molecule has 0 amide bonds. The molecule has 0 fully saturated rings. The summed E-state index contributed by atoms with van der Waals surface area (Å²) in [4.78, 5) is 7.70. The minimum Gasteiger partial charge on any atom is -0.383 e.